The molecule has 4 aromatic rings. The number of ether oxygens (including phenoxy) is 2. The molecule has 1 aliphatic rings. The average Bonchev–Trinajstić information content (AvgIpc) is 3.26. The average molecular weight is 474 g/mol. The zero-order valence-corrected chi connectivity index (χ0v) is 18.8. The minimum atomic E-state index is -0.919. The minimum absolute atomic E-state index is 0.0296. The van der Waals surface area contributed by atoms with Crippen LogP contribution in [0.4, 0.5) is 10.8 Å². The van der Waals surface area contributed by atoms with Crippen LogP contribution in [-0.4, -0.2) is 34.7 Å². The Bertz CT molecular complexity index is 1420. The van der Waals surface area contributed by atoms with Crippen LogP contribution in [0.15, 0.2) is 71.8 Å². The molecule has 0 radical (unpaired) electrons. The Morgan fingerprint density at radius 2 is 1.94 bits per heavy atom. The zero-order chi connectivity index (χ0) is 23.7. The van der Waals surface area contributed by atoms with Crippen LogP contribution < -0.4 is 14.5 Å². The Labute approximate surface area is 198 Å². The van der Waals surface area contributed by atoms with E-state index in [9.17, 15) is 14.9 Å². The van der Waals surface area contributed by atoms with Crippen LogP contribution in [0.2, 0.25) is 0 Å². The molecule has 0 saturated carbocycles. The lowest BCUT2D eigenvalue weighted by molar-refractivity contribution is -0.384. The molecule has 0 bridgehead atoms. The molecular formula is C24H18N4O5S. The van der Waals surface area contributed by atoms with Crippen LogP contribution in [0.5, 0.6) is 11.5 Å². The van der Waals surface area contributed by atoms with Crippen LogP contribution in [0.25, 0.3) is 10.2 Å². The second-order valence-electron chi connectivity index (χ2n) is 7.58. The number of benzene rings is 3. The van der Waals surface area contributed by atoms with Gasteiger partial charge in [0, 0.05) is 12.1 Å². The Morgan fingerprint density at radius 1 is 1.18 bits per heavy atom. The van der Waals surface area contributed by atoms with E-state index in [4.69, 9.17) is 9.47 Å². The van der Waals surface area contributed by atoms with E-state index >= 15 is 0 Å². The van der Waals surface area contributed by atoms with E-state index in [2.05, 4.69) is 10.1 Å². The van der Waals surface area contributed by atoms with E-state index in [1.54, 1.807) is 30.3 Å². The third-order valence-electron chi connectivity index (χ3n) is 5.13. The van der Waals surface area contributed by atoms with Gasteiger partial charge in [-0.05, 0) is 54.4 Å². The number of aromatic nitrogens is 1. The molecule has 9 nitrogen and oxygen atoms in total. The van der Waals surface area contributed by atoms with Crippen molar-refractivity contribution < 1.29 is 19.2 Å². The number of hydrogen-bond donors (Lipinski definition) is 0. The lowest BCUT2D eigenvalue weighted by atomic mass is 10.2. The van der Waals surface area contributed by atoms with Crippen molar-refractivity contribution in [3.63, 3.8) is 0 Å². The van der Waals surface area contributed by atoms with E-state index in [1.165, 1.54) is 34.7 Å². The van der Waals surface area contributed by atoms with Crippen molar-refractivity contribution in [1.29, 1.82) is 0 Å². The van der Waals surface area contributed by atoms with Crippen molar-refractivity contribution in [3.05, 3.63) is 88.0 Å². The smallest absolute Gasteiger partial charge is 0.294 e. The second-order valence-corrected chi connectivity index (χ2v) is 8.58. The van der Waals surface area contributed by atoms with Gasteiger partial charge in [-0.1, -0.05) is 29.5 Å². The minimum Gasteiger partial charge on any atom is -0.485 e. The molecule has 1 amide bonds. The first-order valence-electron chi connectivity index (χ1n) is 10.4. The molecule has 0 aliphatic carbocycles. The topological polar surface area (TPSA) is 107 Å². The summed E-state index contributed by atoms with van der Waals surface area (Å²) in [5.74, 6) is 0.609. The fourth-order valence-corrected chi connectivity index (χ4v) is 4.42. The van der Waals surface area contributed by atoms with Gasteiger partial charge in [-0.2, -0.15) is 10.1 Å². The van der Waals surface area contributed by atoms with Gasteiger partial charge in [-0.3, -0.25) is 14.9 Å². The number of nitro groups is 1. The van der Waals surface area contributed by atoms with Crippen molar-refractivity contribution in [1.82, 2.24) is 4.98 Å². The van der Waals surface area contributed by atoms with Gasteiger partial charge in [-0.15, -0.1) is 0 Å². The maximum Gasteiger partial charge on any atom is 0.294 e. The summed E-state index contributed by atoms with van der Waals surface area (Å²) >= 11 is 1.33. The van der Waals surface area contributed by atoms with E-state index < -0.39 is 16.9 Å². The molecule has 0 saturated heterocycles. The summed E-state index contributed by atoms with van der Waals surface area (Å²) in [6, 6.07) is 18.9. The van der Waals surface area contributed by atoms with Crippen LogP contribution in [-0.2, 0) is 4.79 Å². The van der Waals surface area contributed by atoms with Gasteiger partial charge in [0.05, 0.1) is 21.4 Å². The van der Waals surface area contributed by atoms with Crippen LogP contribution in [0.1, 0.15) is 11.1 Å². The Kier molecular flexibility index (Phi) is 5.64. The molecule has 170 valence electrons. The van der Waals surface area contributed by atoms with E-state index in [0.29, 0.717) is 22.2 Å². The summed E-state index contributed by atoms with van der Waals surface area (Å²) in [5, 5.41) is 16.9. The van der Waals surface area contributed by atoms with Crippen LogP contribution >= 0.6 is 11.3 Å². The predicted molar refractivity (Wildman–Crippen MR) is 129 cm³/mol. The number of carbonyl (C=O) groups is 1. The number of hydrazone groups is 1. The van der Waals surface area contributed by atoms with Crippen molar-refractivity contribution >= 4 is 44.5 Å². The Balaban J connectivity index is 1.48. The van der Waals surface area contributed by atoms with Gasteiger partial charge in [0.15, 0.2) is 11.5 Å². The number of amides is 1. The fourth-order valence-electron chi connectivity index (χ4n) is 3.39. The molecular weight excluding hydrogens is 456 g/mol. The first kappa shape index (κ1) is 21.5. The van der Waals surface area contributed by atoms with Crippen molar-refractivity contribution in [2.75, 3.05) is 11.6 Å². The number of rotatable bonds is 5. The normalized spacial score (nSPS) is 14.9. The second kappa shape index (κ2) is 8.91. The van der Waals surface area contributed by atoms with Crippen LogP contribution in [0, 0.1) is 17.0 Å². The number of thiazole rings is 1. The zero-order valence-electron chi connectivity index (χ0n) is 18.0. The Morgan fingerprint density at radius 3 is 2.71 bits per heavy atom. The van der Waals surface area contributed by atoms with Crippen molar-refractivity contribution in [2.24, 2.45) is 5.10 Å². The largest absolute Gasteiger partial charge is 0.485 e. The molecule has 3 aromatic carbocycles. The number of anilines is 1. The maximum atomic E-state index is 13.5. The quantitative estimate of drug-likeness (QED) is 0.235. The van der Waals surface area contributed by atoms with E-state index in [1.807, 2.05) is 31.2 Å². The first-order chi connectivity index (χ1) is 16.5. The van der Waals surface area contributed by atoms with E-state index in [0.717, 1.165) is 15.8 Å². The summed E-state index contributed by atoms with van der Waals surface area (Å²) in [7, 11) is 0. The molecule has 1 unspecified atom stereocenters. The van der Waals surface area contributed by atoms with Crippen molar-refractivity contribution in [3.8, 4) is 11.5 Å². The van der Waals surface area contributed by atoms with Gasteiger partial charge in [0.2, 0.25) is 11.2 Å². The predicted octanol–water partition coefficient (Wildman–Crippen LogP) is 4.72. The highest BCUT2D eigenvalue weighted by molar-refractivity contribution is 7.22. The summed E-state index contributed by atoms with van der Waals surface area (Å²) in [6.45, 7) is 2.02. The molecule has 0 fully saturated rings. The number of para-hydroxylation sites is 2. The highest BCUT2D eigenvalue weighted by Gasteiger charge is 2.33. The number of non-ortho nitro benzene ring substituents is 1. The van der Waals surface area contributed by atoms with Gasteiger partial charge in [-0.25, -0.2) is 4.98 Å². The van der Waals surface area contributed by atoms with Gasteiger partial charge >= 0.3 is 0 Å². The number of aryl methyl sites for hydroxylation is 1. The van der Waals surface area contributed by atoms with E-state index in [-0.39, 0.29) is 12.3 Å². The van der Waals surface area contributed by atoms with Gasteiger partial charge in [0.25, 0.3) is 11.6 Å². The number of nitro benzene ring substituents is 1. The standard InChI is InChI=1S/C24H18N4O5S/c1-15-6-11-18-22(12-15)34-24(26-18)27(25-13-16-7-9-17(10-8-16)28(30)31)23(29)21-14-32-19-4-2-3-5-20(19)33-21/h2-13,21H,14H2,1H3/b25-13+. The molecule has 1 aliphatic heterocycles. The first-order valence-corrected chi connectivity index (χ1v) is 11.2. The summed E-state index contributed by atoms with van der Waals surface area (Å²) in [5.41, 5.74) is 2.39. The monoisotopic (exact) mass is 474 g/mol. The molecule has 0 spiro atoms. The number of fused-ring (bicyclic) bond motifs is 2. The Hall–Kier alpha value is -4.31. The maximum absolute atomic E-state index is 13.5. The molecule has 10 heteroatoms. The highest BCUT2D eigenvalue weighted by Crippen LogP contribution is 2.34. The molecule has 1 atom stereocenters. The third-order valence-corrected chi connectivity index (χ3v) is 6.13. The number of carbonyl (C=O) groups excluding carboxylic acids is 1. The number of nitrogens with zero attached hydrogens (tertiary/aromatic N) is 4. The summed E-state index contributed by atoms with van der Waals surface area (Å²) in [4.78, 5) is 28.5. The lowest BCUT2D eigenvalue weighted by Gasteiger charge is -2.27. The fraction of sp³-hybridized carbons (Fsp3) is 0.125. The van der Waals surface area contributed by atoms with Gasteiger partial charge < -0.3 is 9.47 Å². The molecule has 5 rings (SSSR count). The summed E-state index contributed by atoms with van der Waals surface area (Å²) < 4.78 is 12.5. The molecule has 2 heterocycles. The molecule has 34 heavy (non-hydrogen) atoms. The molecule has 1 aromatic heterocycles. The number of hydrogen-bond acceptors (Lipinski definition) is 8. The van der Waals surface area contributed by atoms with Crippen molar-refractivity contribution in [2.45, 2.75) is 13.0 Å². The SMILES string of the molecule is Cc1ccc2nc(N(/N=C/c3ccc([N+](=O)[O-])cc3)C(=O)C3COc4ccccc4O3)sc2c1. The van der Waals surface area contributed by atoms with Crippen LogP contribution in [0.3, 0.4) is 0 Å². The molecule has 0 N–H and O–H groups in total. The lowest BCUT2D eigenvalue weighted by Crippen LogP contribution is -2.44. The third kappa shape index (κ3) is 4.30. The highest BCUT2D eigenvalue weighted by atomic mass is 32.1. The van der Waals surface area contributed by atoms with Gasteiger partial charge in [0.1, 0.15) is 6.61 Å². The summed E-state index contributed by atoms with van der Waals surface area (Å²) in [6.07, 6.45) is 0.536.